The molecule has 2 aliphatic rings. The number of furan rings is 1. The summed E-state index contributed by atoms with van der Waals surface area (Å²) in [5.74, 6) is 2.70. The number of nitrogens with zero attached hydrogens (tertiary/aromatic N) is 3. The van der Waals surface area contributed by atoms with Gasteiger partial charge >= 0.3 is 0 Å². The molecule has 0 spiro atoms. The molecule has 0 aliphatic carbocycles. The lowest BCUT2D eigenvalue weighted by atomic mass is 10.1. The largest absolute Gasteiger partial charge is 0.497 e. The molecule has 2 aliphatic heterocycles. The van der Waals surface area contributed by atoms with Gasteiger partial charge in [0, 0.05) is 24.7 Å². The van der Waals surface area contributed by atoms with Crippen LogP contribution in [0.5, 0.6) is 17.2 Å². The summed E-state index contributed by atoms with van der Waals surface area (Å²) in [7, 11) is 4.93. The first kappa shape index (κ1) is 24.8. The number of hydrogen-bond acceptors (Lipinski definition) is 8. The quantitative estimate of drug-likeness (QED) is 0.353. The summed E-state index contributed by atoms with van der Waals surface area (Å²) in [6, 6.07) is 15.0. The van der Waals surface area contributed by atoms with Gasteiger partial charge in [0.2, 0.25) is 0 Å². The highest BCUT2D eigenvalue weighted by molar-refractivity contribution is 8.18. The fourth-order valence-electron chi connectivity index (χ4n) is 4.42. The van der Waals surface area contributed by atoms with Crippen molar-refractivity contribution in [3.05, 3.63) is 71.0 Å². The molecule has 1 aromatic heterocycles. The number of thioether (sulfide) groups is 1. The van der Waals surface area contributed by atoms with Crippen LogP contribution in [0.25, 0.3) is 6.08 Å². The SMILES string of the molecule is COc1ccc(N=C2S/C(=C\c3cc(OC)c(N4CCCC4)cc3OC)C(=O)N2Cc2ccco2)cc1. The second kappa shape index (κ2) is 11.0. The van der Waals surface area contributed by atoms with Gasteiger partial charge in [0.05, 0.1) is 50.4 Å². The van der Waals surface area contributed by atoms with Crippen LogP contribution in [0.4, 0.5) is 11.4 Å². The molecule has 9 heteroatoms. The molecule has 2 fully saturated rings. The van der Waals surface area contributed by atoms with Crippen LogP contribution in [-0.2, 0) is 11.3 Å². The van der Waals surface area contributed by atoms with E-state index >= 15 is 0 Å². The predicted molar refractivity (Wildman–Crippen MR) is 146 cm³/mol. The second-order valence-electron chi connectivity index (χ2n) is 8.63. The number of carbonyl (C=O) groups excluding carboxylic acids is 1. The molecule has 192 valence electrons. The molecule has 8 nitrogen and oxygen atoms in total. The first-order valence-electron chi connectivity index (χ1n) is 12.1. The molecule has 0 bridgehead atoms. The van der Waals surface area contributed by atoms with Gasteiger partial charge in [-0.15, -0.1) is 0 Å². The Hall–Kier alpha value is -3.85. The number of aliphatic imine (C=N–C) groups is 1. The van der Waals surface area contributed by atoms with Gasteiger partial charge in [-0.05, 0) is 73.1 Å². The molecule has 0 atom stereocenters. The molecule has 2 saturated heterocycles. The van der Waals surface area contributed by atoms with Gasteiger partial charge in [-0.3, -0.25) is 9.69 Å². The summed E-state index contributed by atoms with van der Waals surface area (Å²) >= 11 is 1.32. The number of rotatable bonds is 8. The highest BCUT2D eigenvalue weighted by Crippen LogP contribution is 2.41. The monoisotopic (exact) mass is 519 g/mol. The fourth-order valence-corrected chi connectivity index (χ4v) is 5.41. The van der Waals surface area contributed by atoms with Crippen molar-refractivity contribution in [3.8, 4) is 17.2 Å². The molecule has 3 aromatic rings. The minimum absolute atomic E-state index is 0.154. The fraction of sp³-hybridized carbons (Fsp3) is 0.286. The van der Waals surface area contributed by atoms with E-state index in [1.54, 1.807) is 38.6 Å². The van der Waals surface area contributed by atoms with Gasteiger partial charge < -0.3 is 23.5 Å². The van der Waals surface area contributed by atoms with Gasteiger partial charge in [-0.2, -0.15) is 0 Å². The van der Waals surface area contributed by atoms with E-state index in [4.69, 9.17) is 23.6 Å². The summed E-state index contributed by atoms with van der Waals surface area (Å²) < 4.78 is 22.2. The van der Waals surface area contributed by atoms with Gasteiger partial charge in [-0.25, -0.2) is 4.99 Å². The second-order valence-corrected chi connectivity index (χ2v) is 9.64. The molecule has 0 N–H and O–H groups in total. The summed E-state index contributed by atoms with van der Waals surface area (Å²) in [5.41, 5.74) is 2.49. The van der Waals surface area contributed by atoms with E-state index in [9.17, 15) is 4.79 Å². The third kappa shape index (κ3) is 5.32. The highest BCUT2D eigenvalue weighted by atomic mass is 32.2. The summed E-state index contributed by atoms with van der Waals surface area (Å²) in [6.45, 7) is 2.25. The van der Waals surface area contributed by atoms with E-state index in [0.29, 0.717) is 21.6 Å². The number of anilines is 1. The summed E-state index contributed by atoms with van der Waals surface area (Å²) in [4.78, 5) is 22.8. The average Bonchev–Trinajstić information content (AvgIpc) is 3.69. The normalized spacial score (nSPS) is 17.8. The Morgan fingerprint density at radius 3 is 2.41 bits per heavy atom. The number of carbonyl (C=O) groups is 1. The Morgan fingerprint density at radius 2 is 1.76 bits per heavy atom. The van der Waals surface area contributed by atoms with Crippen LogP contribution in [0.3, 0.4) is 0 Å². The molecular weight excluding hydrogens is 490 g/mol. The average molecular weight is 520 g/mol. The van der Waals surface area contributed by atoms with E-state index in [1.165, 1.54) is 11.8 Å². The first-order chi connectivity index (χ1) is 18.1. The number of amidine groups is 1. The lowest BCUT2D eigenvalue weighted by molar-refractivity contribution is -0.122. The first-order valence-corrected chi connectivity index (χ1v) is 12.9. The van der Waals surface area contributed by atoms with Crippen molar-refractivity contribution >= 4 is 40.3 Å². The van der Waals surface area contributed by atoms with Crippen LogP contribution in [0, 0.1) is 0 Å². The maximum atomic E-state index is 13.6. The molecule has 5 rings (SSSR count). The Kier molecular flexibility index (Phi) is 7.41. The van der Waals surface area contributed by atoms with E-state index in [0.717, 1.165) is 54.4 Å². The number of hydrogen-bond donors (Lipinski definition) is 0. The molecule has 0 saturated carbocycles. The standard InChI is InChI=1S/C28H29N3O5S/c1-33-21-10-8-20(9-11-21)29-28-31(18-22-7-6-14-36-22)27(32)26(37-28)16-19-15-25(35-3)23(17-24(19)34-2)30-12-4-5-13-30/h6-11,14-17H,4-5,12-13,18H2,1-3H3/b26-16-,29-28?. The van der Waals surface area contributed by atoms with Crippen LogP contribution in [-0.4, -0.2) is 50.4 Å². The Morgan fingerprint density at radius 1 is 1.00 bits per heavy atom. The van der Waals surface area contributed by atoms with Crippen LogP contribution in [0.2, 0.25) is 0 Å². The molecule has 0 radical (unpaired) electrons. The molecule has 3 heterocycles. The van der Waals surface area contributed by atoms with Crippen LogP contribution in [0.1, 0.15) is 24.2 Å². The van der Waals surface area contributed by atoms with Crippen molar-refractivity contribution in [1.82, 2.24) is 4.90 Å². The number of methoxy groups -OCH3 is 3. The molecule has 37 heavy (non-hydrogen) atoms. The zero-order valence-electron chi connectivity index (χ0n) is 21.1. The maximum absolute atomic E-state index is 13.6. The van der Waals surface area contributed by atoms with Crippen molar-refractivity contribution in [3.63, 3.8) is 0 Å². The van der Waals surface area contributed by atoms with Crippen molar-refractivity contribution in [1.29, 1.82) is 0 Å². The van der Waals surface area contributed by atoms with Crippen LogP contribution < -0.4 is 19.1 Å². The smallest absolute Gasteiger partial charge is 0.267 e. The lowest BCUT2D eigenvalue weighted by Crippen LogP contribution is -2.28. The van der Waals surface area contributed by atoms with Crippen molar-refractivity contribution in [2.75, 3.05) is 39.3 Å². The molecular formula is C28H29N3O5S. The topological polar surface area (TPSA) is 76.7 Å². The highest BCUT2D eigenvalue weighted by Gasteiger charge is 2.34. The van der Waals surface area contributed by atoms with Gasteiger partial charge in [-0.1, -0.05) is 0 Å². The summed E-state index contributed by atoms with van der Waals surface area (Å²) in [5, 5.41) is 0.567. The molecule has 0 unspecified atom stereocenters. The van der Waals surface area contributed by atoms with E-state index in [2.05, 4.69) is 4.90 Å². The van der Waals surface area contributed by atoms with E-state index in [1.807, 2.05) is 48.5 Å². The number of amides is 1. The Balaban J connectivity index is 1.51. The lowest BCUT2D eigenvalue weighted by Gasteiger charge is -2.22. The minimum Gasteiger partial charge on any atom is -0.497 e. The third-order valence-electron chi connectivity index (χ3n) is 6.34. The van der Waals surface area contributed by atoms with Crippen molar-refractivity contribution in [2.45, 2.75) is 19.4 Å². The Bertz CT molecular complexity index is 1310. The predicted octanol–water partition coefficient (Wildman–Crippen LogP) is 5.71. The zero-order valence-corrected chi connectivity index (χ0v) is 21.9. The van der Waals surface area contributed by atoms with E-state index in [-0.39, 0.29) is 12.5 Å². The molecule has 2 aromatic carbocycles. The Labute approximate surface area is 220 Å². The van der Waals surface area contributed by atoms with E-state index < -0.39 is 0 Å². The van der Waals surface area contributed by atoms with Crippen molar-refractivity contribution < 1.29 is 23.4 Å². The number of benzene rings is 2. The summed E-state index contributed by atoms with van der Waals surface area (Å²) in [6.07, 6.45) is 5.75. The zero-order chi connectivity index (χ0) is 25.8. The maximum Gasteiger partial charge on any atom is 0.267 e. The van der Waals surface area contributed by atoms with Gasteiger partial charge in [0.15, 0.2) is 5.17 Å². The van der Waals surface area contributed by atoms with Gasteiger partial charge in [0.25, 0.3) is 5.91 Å². The number of ether oxygens (including phenoxy) is 3. The third-order valence-corrected chi connectivity index (χ3v) is 7.35. The molecule has 1 amide bonds. The minimum atomic E-state index is -0.154. The van der Waals surface area contributed by atoms with Gasteiger partial charge in [0.1, 0.15) is 23.0 Å². The van der Waals surface area contributed by atoms with Crippen LogP contribution in [0.15, 0.2) is 69.1 Å². The van der Waals surface area contributed by atoms with Crippen molar-refractivity contribution in [2.24, 2.45) is 4.99 Å². The van der Waals surface area contributed by atoms with Crippen LogP contribution >= 0.6 is 11.8 Å².